The maximum absolute atomic E-state index is 9.90. The van der Waals surface area contributed by atoms with Gasteiger partial charge in [0.05, 0.1) is 23.8 Å². The summed E-state index contributed by atoms with van der Waals surface area (Å²) in [6.07, 6.45) is 0. The van der Waals surface area contributed by atoms with Crippen LogP contribution in [0.3, 0.4) is 0 Å². The van der Waals surface area contributed by atoms with Crippen molar-refractivity contribution in [2.24, 2.45) is 0 Å². The third-order valence-electron chi connectivity index (χ3n) is 4.42. The predicted molar refractivity (Wildman–Crippen MR) is 107 cm³/mol. The monoisotopic (exact) mass is 348 g/mol. The molecule has 0 fully saturated rings. The number of rotatable bonds is 2. The molecule has 0 saturated carbocycles. The van der Waals surface area contributed by atoms with E-state index in [4.69, 9.17) is 4.74 Å². The van der Waals surface area contributed by atoms with Crippen molar-refractivity contribution in [3.63, 3.8) is 0 Å². The van der Waals surface area contributed by atoms with Gasteiger partial charge in [-0.15, -0.1) is 0 Å². The van der Waals surface area contributed by atoms with Gasteiger partial charge in [0, 0.05) is 11.1 Å². The van der Waals surface area contributed by atoms with Crippen LogP contribution in [0, 0.1) is 23.2 Å². The number of hydrogen-bond acceptors (Lipinski definition) is 2. The highest BCUT2D eigenvalue weighted by molar-refractivity contribution is 5.91. The van der Waals surface area contributed by atoms with Gasteiger partial charge in [-0.25, -0.2) is 0 Å². The minimum atomic E-state index is 0.532. The number of ether oxygens (including phenoxy) is 1. The topological polar surface area (TPSA) is 37.9 Å². The van der Waals surface area contributed by atoms with Gasteiger partial charge in [0.15, 0.2) is 0 Å². The normalized spacial score (nSPS) is 10.1. The van der Waals surface area contributed by atoms with Crippen molar-refractivity contribution in [3.05, 3.63) is 95.7 Å². The largest absolute Gasteiger partial charge is 0.495 e. The van der Waals surface area contributed by atoms with Crippen LogP contribution >= 0.6 is 0 Å². The molecule has 3 aromatic carbocycles. The van der Waals surface area contributed by atoms with E-state index in [1.165, 1.54) is 0 Å². The average Bonchev–Trinajstić information content (AvgIpc) is 3.06. The van der Waals surface area contributed by atoms with Gasteiger partial charge in [0.1, 0.15) is 17.5 Å². The van der Waals surface area contributed by atoms with Crippen LogP contribution in [-0.2, 0) is 0 Å². The molecule has 0 radical (unpaired) electrons. The molecule has 1 aromatic heterocycles. The van der Waals surface area contributed by atoms with E-state index in [0.29, 0.717) is 5.69 Å². The van der Waals surface area contributed by atoms with E-state index in [1.807, 2.05) is 83.4 Å². The highest BCUT2D eigenvalue weighted by atomic mass is 16.5. The summed E-state index contributed by atoms with van der Waals surface area (Å²) in [6, 6.07) is 27.8. The SMILES string of the molecule is COc1ccccc1C#Cc1c(C#N)n(-c2ccccc2)c2ccccc12. The van der Waals surface area contributed by atoms with Crippen LogP contribution in [0.2, 0.25) is 0 Å². The molecule has 0 amide bonds. The van der Waals surface area contributed by atoms with Gasteiger partial charge in [-0.3, -0.25) is 4.57 Å². The lowest BCUT2D eigenvalue weighted by Crippen LogP contribution is -1.97. The molecule has 3 nitrogen and oxygen atoms in total. The van der Waals surface area contributed by atoms with E-state index in [1.54, 1.807) is 7.11 Å². The summed E-state index contributed by atoms with van der Waals surface area (Å²) in [5.74, 6) is 7.11. The highest BCUT2D eigenvalue weighted by Crippen LogP contribution is 2.29. The fourth-order valence-electron chi connectivity index (χ4n) is 3.20. The lowest BCUT2D eigenvalue weighted by molar-refractivity contribution is 0.413. The molecule has 27 heavy (non-hydrogen) atoms. The molecule has 0 spiro atoms. The van der Waals surface area contributed by atoms with Crippen LogP contribution in [0.5, 0.6) is 5.75 Å². The van der Waals surface area contributed by atoms with Crippen molar-refractivity contribution >= 4 is 10.9 Å². The molecule has 4 aromatic rings. The van der Waals surface area contributed by atoms with Crippen LogP contribution in [0.1, 0.15) is 16.8 Å². The molecule has 0 aliphatic heterocycles. The summed E-state index contributed by atoms with van der Waals surface area (Å²) in [7, 11) is 1.63. The number of para-hydroxylation sites is 3. The second kappa shape index (κ2) is 7.12. The third kappa shape index (κ3) is 2.92. The molecular formula is C24H16N2O. The Hall–Kier alpha value is -3.95. The number of nitriles is 1. The minimum Gasteiger partial charge on any atom is -0.495 e. The Balaban J connectivity index is 1.98. The fraction of sp³-hybridized carbons (Fsp3) is 0.0417. The Morgan fingerprint density at radius 2 is 1.52 bits per heavy atom. The predicted octanol–water partition coefficient (Wildman–Crippen LogP) is 4.91. The van der Waals surface area contributed by atoms with Crippen molar-refractivity contribution in [2.45, 2.75) is 0 Å². The Kier molecular flexibility index (Phi) is 4.35. The maximum Gasteiger partial charge on any atom is 0.141 e. The fourth-order valence-corrected chi connectivity index (χ4v) is 3.20. The molecule has 0 saturated heterocycles. The van der Waals surface area contributed by atoms with Gasteiger partial charge in [-0.1, -0.05) is 60.4 Å². The quantitative estimate of drug-likeness (QED) is 0.483. The van der Waals surface area contributed by atoms with Crippen LogP contribution in [0.4, 0.5) is 0 Å². The molecule has 0 aliphatic rings. The van der Waals surface area contributed by atoms with Crippen molar-refractivity contribution < 1.29 is 4.74 Å². The van der Waals surface area contributed by atoms with Crippen molar-refractivity contribution in [1.82, 2.24) is 4.57 Å². The maximum atomic E-state index is 9.90. The van der Waals surface area contributed by atoms with Crippen LogP contribution < -0.4 is 4.74 Å². The lowest BCUT2D eigenvalue weighted by Gasteiger charge is -2.06. The van der Waals surface area contributed by atoms with Gasteiger partial charge in [-0.2, -0.15) is 5.26 Å². The zero-order valence-electron chi connectivity index (χ0n) is 14.8. The lowest BCUT2D eigenvalue weighted by atomic mass is 10.1. The van der Waals surface area contributed by atoms with Crippen molar-refractivity contribution in [2.75, 3.05) is 7.11 Å². The van der Waals surface area contributed by atoms with Crippen molar-refractivity contribution in [3.8, 4) is 29.3 Å². The number of hydrogen-bond donors (Lipinski definition) is 0. The second-order valence-corrected chi connectivity index (χ2v) is 5.97. The van der Waals surface area contributed by atoms with Gasteiger partial charge in [0.25, 0.3) is 0 Å². The minimum absolute atomic E-state index is 0.532. The standard InChI is InChI=1S/C24H16N2O/c1-27-24-14-8-5-9-18(24)15-16-21-20-12-6-7-13-22(20)26(23(21)17-25)19-10-3-2-4-11-19/h2-14H,1H3. The zero-order chi connectivity index (χ0) is 18.6. The molecule has 1 heterocycles. The summed E-state index contributed by atoms with van der Waals surface area (Å²) >= 11 is 0. The smallest absolute Gasteiger partial charge is 0.141 e. The molecule has 0 bridgehead atoms. The van der Waals surface area contributed by atoms with E-state index in [-0.39, 0.29) is 0 Å². The summed E-state index contributed by atoms with van der Waals surface area (Å²) < 4.78 is 7.34. The van der Waals surface area contributed by atoms with Crippen molar-refractivity contribution in [1.29, 1.82) is 5.26 Å². The first kappa shape index (κ1) is 16.5. The molecule has 0 aliphatic carbocycles. The number of nitrogens with zero attached hydrogens (tertiary/aromatic N) is 2. The number of aromatic nitrogens is 1. The number of fused-ring (bicyclic) bond motifs is 1. The van der Waals surface area contributed by atoms with Gasteiger partial charge < -0.3 is 4.74 Å². The first-order chi connectivity index (χ1) is 13.3. The average molecular weight is 348 g/mol. The molecule has 128 valence electrons. The molecule has 4 rings (SSSR count). The van der Waals surface area contributed by atoms with Crippen LogP contribution in [0.25, 0.3) is 16.6 Å². The third-order valence-corrected chi connectivity index (χ3v) is 4.42. The molecule has 0 atom stereocenters. The van der Waals surface area contributed by atoms with E-state index in [0.717, 1.165) is 33.5 Å². The summed E-state index contributed by atoms with van der Waals surface area (Å²) in [5, 5.41) is 10.9. The van der Waals surface area contributed by atoms with Gasteiger partial charge >= 0.3 is 0 Å². The molecule has 3 heteroatoms. The van der Waals surface area contributed by atoms with Gasteiger partial charge in [-0.05, 0) is 30.3 Å². The second-order valence-electron chi connectivity index (χ2n) is 5.97. The Bertz CT molecular complexity index is 1220. The Morgan fingerprint density at radius 1 is 0.815 bits per heavy atom. The summed E-state index contributed by atoms with van der Waals surface area (Å²) in [5.41, 5.74) is 3.95. The summed E-state index contributed by atoms with van der Waals surface area (Å²) in [4.78, 5) is 0. The number of methoxy groups -OCH3 is 1. The van der Waals surface area contributed by atoms with E-state index >= 15 is 0 Å². The first-order valence-electron chi connectivity index (χ1n) is 8.57. The van der Waals surface area contributed by atoms with Crippen LogP contribution in [0.15, 0.2) is 78.9 Å². The molecule has 0 N–H and O–H groups in total. The Morgan fingerprint density at radius 3 is 2.30 bits per heavy atom. The zero-order valence-corrected chi connectivity index (χ0v) is 14.8. The molecular weight excluding hydrogens is 332 g/mol. The van der Waals surface area contributed by atoms with E-state index in [2.05, 4.69) is 17.9 Å². The van der Waals surface area contributed by atoms with E-state index < -0.39 is 0 Å². The first-order valence-corrected chi connectivity index (χ1v) is 8.57. The summed E-state index contributed by atoms with van der Waals surface area (Å²) in [6.45, 7) is 0. The van der Waals surface area contributed by atoms with E-state index in [9.17, 15) is 5.26 Å². The van der Waals surface area contributed by atoms with Gasteiger partial charge in [0.2, 0.25) is 0 Å². The number of benzene rings is 3. The van der Waals surface area contributed by atoms with Crippen LogP contribution in [-0.4, -0.2) is 11.7 Å². The highest BCUT2D eigenvalue weighted by Gasteiger charge is 2.16. The Labute approximate surface area is 158 Å². The molecule has 0 unspecified atom stereocenters.